The second kappa shape index (κ2) is 10.9. The maximum Gasteiger partial charge on any atom is 0.336 e. The highest BCUT2D eigenvalue weighted by atomic mass is 16.6. The molecule has 1 heterocycles. The first-order valence-corrected chi connectivity index (χ1v) is 13.2. The number of nitrogens with zero attached hydrogens (tertiary/aromatic N) is 1. The molecule has 3 unspecified atom stereocenters. The van der Waals surface area contributed by atoms with Crippen molar-refractivity contribution in [2.45, 2.75) is 57.0 Å². The Labute approximate surface area is 227 Å². The number of Topliss-reactive ketones (excluding diaryl/α,β-unsaturated/α-hetero) is 1. The lowest BCUT2D eigenvalue weighted by Gasteiger charge is -2.39. The first kappa shape index (κ1) is 26.5. The number of nitro benzene ring substituents is 1. The van der Waals surface area contributed by atoms with Gasteiger partial charge in [0, 0.05) is 41.8 Å². The van der Waals surface area contributed by atoms with Gasteiger partial charge < -0.3 is 19.5 Å². The van der Waals surface area contributed by atoms with Crippen LogP contribution in [0.3, 0.4) is 0 Å². The average molecular weight is 533 g/mol. The Hall–Kier alpha value is -4.14. The van der Waals surface area contributed by atoms with E-state index in [0.29, 0.717) is 34.0 Å². The molecule has 1 saturated carbocycles. The molecule has 204 valence electrons. The summed E-state index contributed by atoms with van der Waals surface area (Å²) in [6.45, 7) is 1.79. The number of rotatable bonds is 7. The highest BCUT2D eigenvalue weighted by molar-refractivity contribution is 5.96. The SMILES string of the molecule is COc1ccc(C2C=C3NC(C)=C(C(=O)OC4CCCC4)C(c4cccc([N+](=O)[O-])c4)C3C(=O)C2)cc1OC. The molecule has 9 heteroatoms. The third-order valence-electron chi connectivity index (χ3n) is 7.94. The Morgan fingerprint density at radius 2 is 1.74 bits per heavy atom. The summed E-state index contributed by atoms with van der Waals surface area (Å²) in [4.78, 5) is 38.5. The van der Waals surface area contributed by atoms with Gasteiger partial charge in [0.05, 0.1) is 30.6 Å². The minimum Gasteiger partial charge on any atom is -0.493 e. The Balaban J connectivity index is 1.58. The first-order chi connectivity index (χ1) is 18.8. The van der Waals surface area contributed by atoms with Crippen molar-refractivity contribution in [3.05, 3.63) is 86.7 Å². The standard InChI is InChI=1S/C30H32N2O7/c1-17-27(30(34)39-22-9-4-5-10-22)28(19-7-6-8-21(13-19)32(35)36)29-23(31-17)14-20(15-24(29)33)18-11-12-25(37-2)26(16-18)38-3/h6-8,11-14,16,20,22,28-29,31H,4-5,9-10,15H2,1-3H3. The number of methoxy groups -OCH3 is 2. The summed E-state index contributed by atoms with van der Waals surface area (Å²) in [5, 5.41) is 14.9. The summed E-state index contributed by atoms with van der Waals surface area (Å²) < 4.78 is 16.7. The molecule has 39 heavy (non-hydrogen) atoms. The van der Waals surface area contributed by atoms with Crippen LogP contribution in [0.1, 0.15) is 62.0 Å². The molecule has 0 bridgehead atoms. The molecule has 1 N–H and O–H groups in total. The molecule has 3 aliphatic rings. The molecule has 9 nitrogen and oxygen atoms in total. The van der Waals surface area contributed by atoms with Crippen molar-refractivity contribution in [1.29, 1.82) is 0 Å². The van der Waals surface area contributed by atoms with Crippen molar-refractivity contribution in [1.82, 2.24) is 5.32 Å². The molecule has 0 saturated heterocycles. The van der Waals surface area contributed by atoms with E-state index < -0.39 is 22.7 Å². The van der Waals surface area contributed by atoms with Crippen LogP contribution < -0.4 is 14.8 Å². The molecule has 2 aliphatic carbocycles. The summed E-state index contributed by atoms with van der Waals surface area (Å²) in [5.74, 6) is -0.987. The van der Waals surface area contributed by atoms with E-state index in [0.717, 1.165) is 31.2 Å². The second-order valence-corrected chi connectivity index (χ2v) is 10.3. The number of allylic oxidation sites excluding steroid dienone is 3. The van der Waals surface area contributed by atoms with Crippen molar-refractivity contribution in [2.75, 3.05) is 14.2 Å². The van der Waals surface area contributed by atoms with Crippen LogP contribution >= 0.6 is 0 Å². The van der Waals surface area contributed by atoms with Gasteiger partial charge in [-0.1, -0.05) is 24.3 Å². The summed E-state index contributed by atoms with van der Waals surface area (Å²) in [5.41, 5.74) is 2.95. The van der Waals surface area contributed by atoms with Gasteiger partial charge in [0.2, 0.25) is 0 Å². The molecule has 0 radical (unpaired) electrons. The van der Waals surface area contributed by atoms with E-state index >= 15 is 0 Å². The Morgan fingerprint density at radius 1 is 1.00 bits per heavy atom. The number of carbonyl (C=O) groups excluding carboxylic acids is 2. The minimum atomic E-state index is -0.704. The number of non-ortho nitro benzene ring substituents is 1. The monoisotopic (exact) mass is 532 g/mol. The lowest BCUT2D eigenvalue weighted by Crippen LogP contribution is -2.42. The first-order valence-electron chi connectivity index (χ1n) is 13.2. The van der Waals surface area contributed by atoms with E-state index in [2.05, 4.69) is 5.32 Å². The maximum atomic E-state index is 13.9. The molecule has 5 rings (SSSR count). The summed E-state index contributed by atoms with van der Waals surface area (Å²) >= 11 is 0. The van der Waals surface area contributed by atoms with Crippen LogP contribution in [0.25, 0.3) is 0 Å². The van der Waals surface area contributed by atoms with Crippen molar-refractivity contribution in [3.63, 3.8) is 0 Å². The zero-order valence-electron chi connectivity index (χ0n) is 22.3. The Kier molecular flexibility index (Phi) is 7.41. The van der Waals surface area contributed by atoms with Crippen LogP contribution in [0.2, 0.25) is 0 Å². The van der Waals surface area contributed by atoms with Gasteiger partial charge in [-0.25, -0.2) is 4.79 Å². The van der Waals surface area contributed by atoms with Crippen LogP contribution in [0.15, 0.2) is 65.5 Å². The molecule has 0 aromatic heterocycles. The van der Waals surface area contributed by atoms with Gasteiger partial charge in [-0.05, 0) is 55.9 Å². The Morgan fingerprint density at radius 3 is 2.44 bits per heavy atom. The van der Waals surface area contributed by atoms with Crippen molar-refractivity contribution >= 4 is 17.4 Å². The van der Waals surface area contributed by atoms with Gasteiger partial charge in [0.1, 0.15) is 11.9 Å². The van der Waals surface area contributed by atoms with E-state index in [1.807, 2.05) is 24.3 Å². The summed E-state index contributed by atoms with van der Waals surface area (Å²) in [6, 6.07) is 11.8. The van der Waals surface area contributed by atoms with E-state index in [1.165, 1.54) is 12.1 Å². The number of ketones is 1. The molecular weight excluding hydrogens is 500 g/mol. The minimum absolute atomic E-state index is 0.0602. The van der Waals surface area contributed by atoms with Crippen LogP contribution in [-0.4, -0.2) is 37.0 Å². The number of nitro groups is 1. The van der Waals surface area contributed by atoms with Gasteiger partial charge >= 0.3 is 5.97 Å². The number of ether oxygens (including phenoxy) is 3. The highest BCUT2D eigenvalue weighted by Crippen LogP contribution is 2.47. The normalized spacial score (nSPS) is 23.0. The fraction of sp³-hybridized carbons (Fsp3) is 0.400. The lowest BCUT2D eigenvalue weighted by molar-refractivity contribution is -0.384. The second-order valence-electron chi connectivity index (χ2n) is 10.3. The molecule has 1 aliphatic heterocycles. The fourth-order valence-electron chi connectivity index (χ4n) is 6.05. The third kappa shape index (κ3) is 5.13. The molecule has 3 atom stereocenters. The fourth-order valence-corrected chi connectivity index (χ4v) is 6.05. The van der Waals surface area contributed by atoms with Crippen molar-refractivity contribution in [3.8, 4) is 11.5 Å². The van der Waals surface area contributed by atoms with Crippen LogP contribution in [-0.2, 0) is 14.3 Å². The van der Waals surface area contributed by atoms with E-state index in [-0.39, 0.29) is 29.9 Å². The van der Waals surface area contributed by atoms with E-state index in [4.69, 9.17) is 14.2 Å². The molecule has 1 fully saturated rings. The number of benzene rings is 2. The largest absolute Gasteiger partial charge is 0.493 e. The summed E-state index contributed by atoms with van der Waals surface area (Å²) in [7, 11) is 3.13. The summed E-state index contributed by atoms with van der Waals surface area (Å²) in [6.07, 6.45) is 5.71. The number of esters is 1. The molecular formula is C30H32N2O7. The molecule has 2 aromatic rings. The third-order valence-corrected chi connectivity index (χ3v) is 7.94. The zero-order valence-corrected chi connectivity index (χ0v) is 22.3. The smallest absolute Gasteiger partial charge is 0.336 e. The topological polar surface area (TPSA) is 117 Å². The number of nitrogens with one attached hydrogen (secondary N) is 1. The molecule has 2 aromatic carbocycles. The number of hydrogen-bond acceptors (Lipinski definition) is 8. The average Bonchev–Trinajstić information content (AvgIpc) is 3.44. The molecule has 0 spiro atoms. The Bertz CT molecular complexity index is 1370. The van der Waals surface area contributed by atoms with Gasteiger partial charge in [0.25, 0.3) is 5.69 Å². The van der Waals surface area contributed by atoms with Gasteiger partial charge in [0.15, 0.2) is 11.5 Å². The predicted molar refractivity (Wildman–Crippen MR) is 144 cm³/mol. The van der Waals surface area contributed by atoms with Crippen molar-refractivity contribution < 1.29 is 28.7 Å². The van der Waals surface area contributed by atoms with Gasteiger partial charge in [-0.3, -0.25) is 14.9 Å². The predicted octanol–water partition coefficient (Wildman–Crippen LogP) is 5.32. The highest BCUT2D eigenvalue weighted by Gasteiger charge is 2.45. The number of hydrogen-bond donors (Lipinski definition) is 1. The quantitative estimate of drug-likeness (QED) is 0.289. The lowest BCUT2D eigenvalue weighted by atomic mass is 9.68. The van der Waals surface area contributed by atoms with Crippen molar-refractivity contribution in [2.24, 2.45) is 5.92 Å². The van der Waals surface area contributed by atoms with E-state index in [1.54, 1.807) is 33.3 Å². The maximum absolute atomic E-state index is 13.9. The van der Waals surface area contributed by atoms with Crippen LogP contribution in [0.4, 0.5) is 5.69 Å². The van der Waals surface area contributed by atoms with Gasteiger partial charge in [-0.15, -0.1) is 0 Å². The molecule has 0 amide bonds. The number of fused-ring (bicyclic) bond motifs is 1. The van der Waals surface area contributed by atoms with Crippen LogP contribution in [0, 0.1) is 16.0 Å². The van der Waals surface area contributed by atoms with Crippen LogP contribution in [0.5, 0.6) is 11.5 Å². The zero-order chi connectivity index (χ0) is 27.7. The number of carbonyl (C=O) groups is 2. The van der Waals surface area contributed by atoms with Gasteiger partial charge in [-0.2, -0.15) is 0 Å². The van der Waals surface area contributed by atoms with E-state index in [9.17, 15) is 19.7 Å².